The molecule has 0 radical (unpaired) electrons. The molecule has 8 aliphatic rings. The molecule has 2 aliphatic carbocycles. The molecular weight excluding hydrogens is 608 g/mol. The van der Waals surface area contributed by atoms with Crippen LogP contribution in [0.15, 0.2) is 48.5 Å². The van der Waals surface area contributed by atoms with Gasteiger partial charge in [0.25, 0.3) is 0 Å². The number of unbranched alkanes of at least 4 members (excludes halogenated alkanes) is 1. The highest BCUT2D eigenvalue weighted by molar-refractivity contribution is 5.34. The Morgan fingerprint density at radius 3 is 1.27 bits per heavy atom. The van der Waals surface area contributed by atoms with Gasteiger partial charge in [0, 0.05) is 0 Å². The summed E-state index contributed by atoms with van der Waals surface area (Å²) in [4.78, 5) is 0. The topological polar surface area (TPSA) is 93.6 Å². The second-order valence-corrected chi connectivity index (χ2v) is 14.1. The first-order valence-corrected chi connectivity index (χ1v) is 18.9. The van der Waals surface area contributed by atoms with Crippen LogP contribution in [0, 0.1) is 0 Å². The zero-order valence-corrected chi connectivity index (χ0v) is 29.2. The molecule has 8 unspecified atom stereocenters. The number of epoxide rings is 6. The van der Waals surface area contributed by atoms with Crippen molar-refractivity contribution in [3.63, 3.8) is 0 Å². The van der Waals surface area contributed by atoms with Gasteiger partial charge in [0.1, 0.15) is 36.9 Å². The van der Waals surface area contributed by atoms with Gasteiger partial charge in [-0.3, -0.25) is 0 Å². The molecule has 0 spiro atoms. The van der Waals surface area contributed by atoms with Gasteiger partial charge < -0.3 is 37.9 Å². The molecule has 6 saturated heterocycles. The lowest BCUT2D eigenvalue weighted by molar-refractivity contribution is 0.263. The summed E-state index contributed by atoms with van der Waals surface area (Å²) in [6, 6.07) is 16.5. The highest BCUT2D eigenvalue weighted by atomic mass is 16.6. The van der Waals surface area contributed by atoms with Crippen LogP contribution in [0.25, 0.3) is 0 Å². The van der Waals surface area contributed by atoms with Crippen LogP contribution in [0.4, 0.5) is 0 Å². The molecule has 2 saturated carbocycles. The van der Waals surface area contributed by atoms with Crippen LogP contribution in [-0.2, 0) is 34.8 Å². The fourth-order valence-electron chi connectivity index (χ4n) is 5.91. The molecule has 0 amide bonds. The summed E-state index contributed by atoms with van der Waals surface area (Å²) in [5, 5.41) is 0. The van der Waals surface area contributed by atoms with Gasteiger partial charge in [-0.15, -0.1) is 0 Å². The van der Waals surface area contributed by atoms with E-state index in [2.05, 4.69) is 38.1 Å². The van der Waals surface area contributed by atoms with Crippen LogP contribution in [-0.4, -0.2) is 88.5 Å². The summed E-state index contributed by atoms with van der Waals surface area (Å²) in [5.74, 6) is 1.80. The Bertz CT molecular complexity index is 1100. The maximum Gasteiger partial charge on any atom is 0.119 e. The molecule has 0 bridgehead atoms. The van der Waals surface area contributed by atoms with Crippen LogP contribution in [0.5, 0.6) is 11.5 Å². The van der Waals surface area contributed by atoms with Gasteiger partial charge in [-0.2, -0.15) is 0 Å². The van der Waals surface area contributed by atoms with E-state index in [4.69, 9.17) is 37.9 Å². The first-order valence-electron chi connectivity index (χ1n) is 18.9. The van der Waals surface area contributed by atoms with Crippen molar-refractivity contribution >= 4 is 0 Å². The molecule has 8 heteroatoms. The van der Waals surface area contributed by atoms with Crippen LogP contribution in [0.2, 0.25) is 0 Å². The van der Waals surface area contributed by atoms with Crippen LogP contribution >= 0.6 is 0 Å². The molecule has 8 nitrogen and oxygen atoms in total. The number of benzene rings is 2. The lowest BCUT2D eigenvalue weighted by atomic mass is 10.0. The normalized spacial score (nSPS) is 31.5. The van der Waals surface area contributed by atoms with Crippen molar-refractivity contribution in [2.45, 2.75) is 140 Å². The maximum atomic E-state index is 5.65. The minimum atomic E-state index is 0.293. The predicted molar refractivity (Wildman–Crippen MR) is 185 cm³/mol. The average molecular weight is 667 g/mol. The maximum absolute atomic E-state index is 5.65. The molecule has 8 fully saturated rings. The molecule has 6 aliphatic heterocycles. The van der Waals surface area contributed by atoms with Crippen molar-refractivity contribution in [1.29, 1.82) is 0 Å². The quantitative estimate of drug-likeness (QED) is 0.216. The molecule has 10 rings (SSSR count). The first-order chi connectivity index (χ1) is 23.6. The second-order valence-electron chi connectivity index (χ2n) is 14.1. The van der Waals surface area contributed by atoms with Crippen molar-refractivity contribution in [2.75, 3.05) is 39.6 Å². The van der Waals surface area contributed by atoms with Gasteiger partial charge in [-0.05, 0) is 86.8 Å². The molecule has 0 N–H and O–H groups in total. The summed E-state index contributed by atoms with van der Waals surface area (Å²) >= 11 is 0. The Hall–Kier alpha value is -2.20. The lowest BCUT2D eigenvalue weighted by Crippen LogP contribution is -2.04. The Morgan fingerprint density at radius 1 is 0.542 bits per heavy atom. The van der Waals surface area contributed by atoms with E-state index >= 15 is 0 Å². The Balaban J connectivity index is 0.000000128. The van der Waals surface area contributed by atoms with Crippen molar-refractivity contribution < 1.29 is 37.9 Å². The van der Waals surface area contributed by atoms with Gasteiger partial charge >= 0.3 is 0 Å². The van der Waals surface area contributed by atoms with E-state index in [9.17, 15) is 0 Å². The van der Waals surface area contributed by atoms with Gasteiger partial charge in [0.2, 0.25) is 0 Å². The minimum absolute atomic E-state index is 0.293. The number of hydrogen-bond donors (Lipinski definition) is 0. The van der Waals surface area contributed by atoms with E-state index in [0.29, 0.717) is 62.0 Å². The van der Waals surface area contributed by atoms with Crippen molar-refractivity contribution in [3.05, 3.63) is 59.7 Å². The van der Waals surface area contributed by atoms with Gasteiger partial charge in [0.05, 0.1) is 63.1 Å². The SMILES string of the molecule is C1CC2OC2C1.C1CCC2OC2C1.CCC1CO1.CCCCC1CO1.c1cc(OCC2CO2)ccc1Cc1ccc(OCC2CO2)cc1. The largest absolute Gasteiger partial charge is 0.491 e. The van der Waals surface area contributed by atoms with Crippen LogP contribution < -0.4 is 9.47 Å². The summed E-state index contributed by atoms with van der Waals surface area (Å²) in [6.45, 7) is 9.33. The van der Waals surface area contributed by atoms with Gasteiger partial charge in [-0.25, -0.2) is 0 Å². The number of fused-ring (bicyclic) bond motifs is 2. The zero-order chi connectivity index (χ0) is 33.0. The zero-order valence-electron chi connectivity index (χ0n) is 29.2. The third-order valence-corrected chi connectivity index (χ3v) is 9.65. The Labute approximate surface area is 288 Å². The highest BCUT2D eigenvalue weighted by Gasteiger charge is 2.42. The summed E-state index contributed by atoms with van der Waals surface area (Å²) in [6.07, 6.45) is 20.3. The molecule has 2 aromatic rings. The van der Waals surface area contributed by atoms with Crippen LogP contribution in [0.1, 0.15) is 95.6 Å². The molecule has 8 atom stereocenters. The van der Waals surface area contributed by atoms with E-state index in [0.717, 1.165) is 44.3 Å². The third kappa shape index (κ3) is 14.3. The average Bonchev–Trinajstić information content (AvgIpc) is 3.94. The second kappa shape index (κ2) is 18.7. The Morgan fingerprint density at radius 2 is 0.958 bits per heavy atom. The van der Waals surface area contributed by atoms with Gasteiger partial charge in [0.15, 0.2) is 0 Å². The smallest absolute Gasteiger partial charge is 0.119 e. The van der Waals surface area contributed by atoms with Gasteiger partial charge in [-0.1, -0.05) is 63.8 Å². The molecule has 0 aromatic heterocycles. The first kappa shape index (κ1) is 35.6. The number of ether oxygens (including phenoxy) is 8. The third-order valence-electron chi connectivity index (χ3n) is 9.65. The standard InChI is InChI=1S/C19H20O4.C6H10O.C6H12O.C5H8O.C4H8O/c1-5-16(20-10-18-12-22-18)6-2-14(1)9-15-3-7-17(8-4-15)21-11-19-13-23-19;1-2-4-6-5(3-1)7-6;1-2-3-4-6-5-7-6;1-2-4-5(3-1)6-4;1-2-4-3-5-4/h1-8,18-19H,9-13H2;5-6H,1-4H2;6H,2-5H2,1H3;4-5H,1-3H2;4H,2-3H2,1H3. The Kier molecular flexibility index (Phi) is 13.9. The van der Waals surface area contributed by atoms with Crippen molar-refractivity contribution in [3.8, 4) is 11.5 Å². The fraction of sp³-hybridized carbons (Fsp3) is 0.700. The van der Waals surface area contributed by atoms with E-state index < -0.39 is 0 Å². The summed E-state index contributed by atoms with van der Waals surface area (Å²) in [7, 11) is 0. The summed E-state index contributed by atoms with van der Waals surface area (Å²) < 4.78 is 41.9. The van der Waals surface area contributed by atoms with Crippen molar-refractivity contribution in [2.24, 2.45) is 0 Å². The van der Waals surface area contributed by atoms with E-state index in [1.165, 1.54) is 81.8 Å². The molecular formula is C40H58O8. The van der Waals surface area contributed by atoms with Crippen molar-refractivity contribution in [1.82, 2.24) is 0 Å². The van der Waals surface area contributed by atoms with Crippen LogP contribution in [0.3, 0.4) is 0 Å². The van der Waals surface area contributed by atoms with E-state index in [1.54, 1.807) is 0 Å². The molecule has 266 valence electrons. The number of hydrogen-bond acceptors (Lipinski definition) is 8. The lowest BCUT2D eigenvalue weighted by Gasteiger charge is -2.07. The van der Waals surface area contributed by atoms with E-state index in [-0.39, 0.29) is 0 Å². The fourth-order valence-corrected chi connectivity index (χ4v) is 5.91. The predicted octanol–water partition coefficient (Wildman–Crippen LogP) is 7.47. The molecule has 6 heterocycles. The monoisotopic (exact) mass is 666 g/mol. The van der Waals surface area contributed by atoms with E-state index in [1.807, 2.05) is 24.3 Å². The number of rotatable bonds is 12. The highest BCUT2D eigenvalue weighted by Crippen LogP contribution is 2.38. The minimum Gasteiger partial charge on any atom is -0.491 e. The molecule has 48 heavy (non-hydrogen) atoms. The molecule has 2 aromatic carbocycles. The summed E-state index contributed by atoms with van der Waals surface area (Å²) in [5.41, 5.74) is 2.53.